The Labute approximate surface area is 109 Å². The molecule has 0 atom stereocenters. The minimum Gasteiger partial charge on any atom is -0.399 e. The highest BCUT2D eigenvalue weighted by Crippen LogP contribution is 2.20. The molecule has 0 aliphatic heterocycles. The highest BCUT2D eigenvalue weighted by atomic mass is 19.1. The Morgan fingerprint density at radius 2 is 1.89 bits per heavy atom. The fourth-order valence-corrected chi connectivity index (χ4v) is 1.62. The van der Waals surface area contributed by atoms with Crippen molar-refractivity contribution < 1.29 is 9.31 Å². The molecule has 98 valence electrons. The summed E-state index contributed by atoms with van der Waals surface area (Å²) < 4.78 is 13.2. The smallest absolute Gasteiger partial charge is 0.274 e. The lowest BCUT2D eigenvalue weighted by atomic mass is 10.2. The molecule has 0 aromatic heterocycles. The summed E-state index contributed by atoms with van der Waals surface area (Å²) in [6.45, 7) is 0.431. The predicted octanol–water partition coefficient (Wildman–Crippen LogP) is 2.93. The Hall–Kier alpha value is -2.63. The molecule has 2 aromatic rings. The molecule has 0 heterocycles. The molecule has 0 aliphatic rings. The van der Waals surface area contributed by atoms with Gasteiger partial charge in [0.15, 0.2) is 0 Å². The van der Waals surface area contributed by atoms with Gasteiger partial charge in [-0.2, -0.15) is 0 Å². The highest BCUT2D eigenvalue weighted by Gasteiger charge is 2.09. The lowest BCUT2D eigenvalue weighted by Crippen LogP contribution is -2.01. The molecule has 19 heavy (non-hydrogen) atoms. The van der Waals surface area contributed by atoms with Crippen molar-refractivity contribution in [1.29, 1.82) is 0 Å². The van der Waals surface area contributed by atoms with Gasteiger partial charge in [0.25, 0.3) is 5.69 Å². The highest BCUT2D eigenvalue weighted by molar-refractivity contribution is 5.52. The van der Waals surface area contributed by atoms with Gasteiger partial charge in [0.2, 0.25) is 0 Å². The van der Waals surface area contributed by atoms with E-state index in [0.717, 1.165) is 11.6 Å². The summed E-state index contributed by atoms with van der Waals surface area (Å²) in [4.78, 5) is 9.99. The third-order valence-corrected chi connectivity index (χ3v) is 2.57. The molecule has 5 nitrogen and oxygen atoms in total. The summed E-state index contributed by atoms with van der Waals surface area (Å²) in [6.07, 6.45) is 0. The van der Waals surface area contributed by atoms with E-state index < -0.39 is 10.7 Å². The number of nitro groups is 1. The van der Waals surface area contributed by atoms with Crippen molar-refractivity contribution in [3.05, 3.63) is 64.0 Å². The fourth-order valence-electron chi connectivity index (χ4n) is 1.62. The van der Waals surface area contributed by atoms with E-state index in [1.807, 2.05) is 12.1 Å². The quantitative estimate of drug-likeness (QED) is 0.503. The largest absolute Gasteiger partial charge is 0.399 e. The zero-order valence-electron chi connectivity index (χ0n) is 9.97. The second kappa shape index (κ2) is 5.34. The van der Waals surface area contributed by atoms with E-state index in [1.165, 1.54) is 12.1 Å². The van der Waals surface area contributed by atoms with Gasteiger partial charge in [-0.05, 0) is 23.8 Å². The number of hydrogen-bond donors (Lipinski definition) is 2. The summed E-state index contributed by atoms with van der Waals surface area (Å²) in [5.74, 6) is -0.644. The van der Waals surface area contributed by atoms with Crippen LogP contribution in [0.5, 0.6) is 0 Å². The van der Waals surface area contributed by atoms with Crippen LogP contribution in [0.15, 0.2) is 42.5 Å². The van der Waals surface area contributed by atoms with Gasteiger partial charge in [0.1, 0.15) is 5.82 Å². The van der Waals surface area contributed by atoms with Crippen LogP contribution in [0.1, 0.15) is 5.56 Å². The first-order chi connectivity index (χ1) is 9.04. The number of anilines is 2. The minimum absolute atomic E-state index is 0.278. The summed E-state index contributed by atoms with van der Waals surface area (Å²) in [6, 6.07) is 10.6. The number of halogens is 1. The van der Waals surface area contributed by atoms with Crippen LogP contribution in [-0.2, 0) is 6.54 Å². The standard InChI is InChI=1S/C13H12FN3O2/c14-10-5-12(7-13(6-10)17(18)19)16-8-9-1-3-11(15)4-2-9/h1-7,16H,8,15H2. The number of nitro benzene ring substituents is 1. The van der Waals surface area contributed by atoms with E-state index in [1.54, 1.807) is 12.1 Å². The Morgan fingerprint density at radius 3 is 2.53 bits per heavy atom. The van der Waals surface area contributed by atoms with Gasteiger partial charge in [-0.1, -0.05) is 12.1 Å². The fraction of sp³-hybridized carbons (Fsp3) is 0.0769. The van der Waals surface area contributed by atoms with Gasteiger partial charge in [0, 0.05) is 24.0 Å². The van der Waals surface area contributed by atoms with Crippen molar-refractivity contribution in [3.63, 3.8) is 0 Å². The van der Waals surface area contributed by atoms with E-state index in [2.05, 4.69) is 5.32 Å². The number of benzene rings is 2. The molecule has 0 amide bonds. The third-order valence-electron chi connectivity index (χ3n) is 2.57. The SMILES string of the molecule is Nc1ccc(CNc2cc(F)cc([N+](=O)[O-])c2)cc1. The van der Waals surface area contributed by atoms with Crippen molar-refractivity contribution in [1.82, 2.24) is 0 Å². The normalized spacial score (nSPS) is 10.2. The van der Waals surface area contributed by atoms with E-state index in [9.17, 15) is 14.5 Å². The molecule has 0 saturated carbocycles. The minimum atomic E-state index is -0.644. The summed E-state index contributed by atoms with van der Waals surface area (Å²) >= 11 is 0. The van der Waals surface area contributed by atoms with Gasteiger partial charge >= 0.3 is 0 Å². The first-order valence-electron chi connectivity index (χ1n) is 5.58. The number of nitrogen functional groups attached to an aromatic ring is 1. The van der Waals surface area contributed by atoms with E-state index in [0.29, 0.717) is 17.9 Å². The summed E-state index contributed by atoms with van der Waals surface area (Å²) in [5, 5.41) is 13.5. The van der Waals surface area contributed by atoms with Gasteiger partial charge in [0.05, 0.1) is 11.0 Å². The van der Waals surface area contributed by atoms with Crippen LogP contribution in [-0.4, -0.2) is 4.92 Å². The molecule has 0 saturated heterocycles. The molecule has 0 radical (unpaired) electrons. The molecule has 2 aromatic carbocycles. The molecule has 0 fully saturated rings. The van der Waals surface area contributed by atoms with Crippen molar-refractivity contribution in [2.45, 2.75) is 6.54 Å². The number of nitrogens with one attached hydrogen (secondary N) is 1. The maximum atomic E-state index is 13.2. The van der Waals surface area contributed by atoms with Crippen LogP contribution < -0.4 is 11.1 Å². The lowest BCUT2D eigenvalue weighted by molar-refractivity contribution is -0.385. The molecule has 2 rings (SSSR count). The summed E-state index contributed by atoms with van der Waals surface area (Å²) in [7, 11) is 0. The van der Waals surface area contributed by atoms with Gasteiger partial charge < -0.3 is 11.1 Å². The number of hydrogen-bond acceptors (Lipinski definition) is 4. The van der Waals surface area contributed by atoms with Gasteiger partial charge in [-0.15, -0.1) is 0 Å². The number of nitrogens with two attached hydrogens (primary N) is 1. The second-order valence-corrected chi connectivity index (χ2v) is 4.05. The molecular weight excluding hydrogens is 249 g/mol. The lowest BCUT2D eigenvalue weighted by Gasteiger charge is -2.07. The van der Waals surface area contributed by atoms with Crippen molar-refractivity contribution in [2.24, 2.45) is 0 Å². The number of nitrogens with zero attached hydrogens (tertiary/aromatic N) is 1. The van der Waals surface area contributed by atoms with Gasteiger partial charge in [-0.25, -0.2) is 4.39 Å². The van der Waals surface area contributed by atoms with Crippen molar-refractivity contribution >= 4 is 17.1 Å². The van der Waals surface area contributed by atoms with Crippen LogP contribution in [0.25, 0.3) is 0 Å². The Bertz CT molecular complexity index is 599. The molecule has 0 spiro atoms. The zero-order valence-corrected chi connectivity index (χ0v) is 9.97. The Kier molecular flexibility index (Phi) is 3.61. The molecule has 0 unspecified atom stereocenters. The number of rotatable bonds is 4. The second-order valence-electron chi connectivity index (χ2n) is 4.05. The van der Waals surface area contributed by atoms with Crippen LogP contribution in [0, 0.1) is 15.9 Å². The maximum Gasteiger partial charge on any atom is 0.274 e. The van der Waals surface area contributed by atoms with Crippen LogP contribution in [0.4, 0.5) is 21.5 Å². The Balaban J connectivity index is 2.11. The molecular formula is C13H12FN3O2. The maximum absolute atomic E-state index is 13.2. The average Bonchev–Trinajstić information content (AvgIpc) is 2.37. The first-order valence-corrected chi connectivity index (χ1v) is 5.58. The van der Waals surface area contributed by atoms with E-state index >= 15 is 0 Å². The van der Waals surface area contributed by atoms with Crippen LogP contribution >= 0.6 is 0 Å². The molecule has 0 bridgehead atoms. The molecule has 3 N–H and O–H groups in total. The van der Waals surface area contributed by atoms with E-state index in [-0.39, 0.29) is 5.69 Å². The van der Waals surface area contributed by atoms with Crippen molar-refractivity contribution in [3.8, 4) is 0 Å². The summed E-state index contributed by atoms with van der Waals surface area (Å²) in [5.41, 5.74) is 7.25. The van der Waals surface area contributed by atoms with Crippen LogP contribution in [0.3, 0.4) is 0 Å². The monoisotopic (exact) mass is 261 g/mol. The Morgan fingerprint density at radius 1 is 1.21 bits per heavy atom. The topological polar surface area (TPSA) is 81.2 Å². The molecule has 0 aliphatic carbocycles. The van der Waals surface area contributed by atoms with Crippen molar-refractivity contribution in [2.75, 3.05) is 11.1 Å². The average molecular weight is 261 g/mol. The third kappa shape index (κ3) is 3.41. The zero-order chi connectivity index (χ0) is 13.8. The molecule has 6 heteroatoms. The predicted molar refractivity (Wildman–Crippen MR) is 71.2 cm³/mol. The van der Waals surface area contributed by atoms with Gasteiger partial charge in [-0.3, -0.25) is 10.1 Å². The number of non-ortho nitro benzene ring substituents is 1. The first kappa shape index (κ1) is 12.8. The van der Waals surface area contributed by atoms with Crippen LogP contribution in [0.2, 0.25) is 0 Å². The van der Waals surface area contributed by atoms with E-state index in [4.69, 9.17) is 5.73 Å².